The first kappa shape index (κ1) is 14.3. The van der Waals surface area contributed by atoms with E-state index < -0.39 is 6.10 Å². The Balaban J connectivity index is 2.70. The van der Waals surface area contributed by atoms with Crippen LogP contribution in [0.2, 0.25) is 5.02 Å². The van der Waals surface area contributed by atoms with Gasteiger partial charge in [-0.2, -0.15) is 0 Å². The Hall–Kier alpha value is -0.810. The van der Waals surface area contributed by atoms with Gasteiger partial charge in [-0.3, -0.25) is 0 Å². The van der Waals surface area contributed by atoms with Crippen LogP contribution in [-0.2, 0) is 4.74 Å². The predicted octanol–water partition coefficient (Wildman–Crippen LogP) is 1.36. The number of aliphatic hydroxyl groups excluding tert-OH is 1. The van der Waals surface area contributed by atoms with E-state index in [9.17, 15) is 5.11 Å². The molecule has 1 rings (SSSR count). The van der Waals surface area contributed by atoms with Gasteiger partial charge < -0.3 is 20.3 Å². The number of rotatable bonds is 6. The molecule has 1 aromatic rings. The summed E-state index contributed by atoms with van der Waals surface area (Å²) >= 11 is 5.91. The third-order valence-corrected chi connectivity index (χ3v) is 2.86. The maximum atomic E-state index is 9.22. The third-order valence-electron chi connectivity index (χ3n) is 2.43. The van der Waals surface area contributed by atoms with Crippen molar-refractivity contribution in [2.24, 2.45) is 5.73 Å². The fourth-order valence-electron chi connectivity index (χ4n) is 1.43. The van der Waals surface area contributed by atoms with E-state index in [-0.39, 0.29) is 12.6 Å². The molecule has 0 aliphatic carbocycles. The molecule has 0 amide bonds. The number of ether oxygens (including phenoxy) is 2. The minimum atomic E-state index is -0.490. The molecule has 0 saturated heterocycles. The lowest BCUT2D eigenvalue weighted by atomic mass is 10.2. The van der Waals surface area contributed by atoms with Crippen LogP contribution in [0, 0.1) is 6.92 Å². The second-order valence-corrected chi connectivity index (χ2v) is 4.28. The Kier molecular flexibility index (Phi) is 5.71. The molecule has 0 radical (unpaired) electrons. The first-order valence-electron chi connectivity index (χ1n) is 5.36. The van der Waals surface area contributed by atoms with Gasteiger partial charge in [0, 0.05) is 12.1 Å². The van der Waals surface area contributed by atoms with Gasteiger partial charge in [0.25, 0.3) is 0 Å². The van der Waals surface area contributed by atoms with Crippen LogP contribution in [0.15, 0.2) is 18.2 Å². The summed E-state index contributed by atoms with van der Waals surface area (Å²) in [5, 5.41) is 9.90. The lowest BCUT2D eigenvalue weighted by Gasteiger charge is -2.23. The first-order chi connectivity index (χ1) is 8.08. The van der Waals surface area contributed by atoms with Crippen molar-refractivity contribution in [2.75, 3.05) is 20.3 Å². The topological polar surface area (TPSA) is 64.7 Å². The average Bonchev–Trinajstić information content (AvgIpc) is 2.30. The highest BCUT2D eigenvalue weighted by molar-refractivity contribution is 6.31. The van der Waals surface area contributed by atoms with Crippen molar-refractivity contribution >= 4 is 11.6 Å². The lowest BCUT2D eigenvalue weighted by Crippen LogP contribution is -2.44. The molecule has 0 heterocycles. The smallest absolute Gasteiger partial charge is 0.139 e. The summed E-state index contributed by atoms with van der Waals surface area (Å²) in [5.41, 5.74) is 6.74. The molecule has 0 fully saturated rings. The van der Waals surface area contributed by atoms with Crippen molar-refractivity contribution in [3.8, 4) is 5.75 Å². The number of aliphatic hydroxyl groups is 1. The van der Waals surface area contributed by atoms with Gasteiger partial charge in [-0.25, -0.2) is 0 Å². The standard InChI is InChI=1S/C12H18ClNO3/c1-8-5-9(3-4-10(8)13)17-12(6-15)11(14)7-16-2/h3-5,11-12,15H,6-7,14H2,1-2H3. The Bertz CT molecular complexity index is 360. The summed E-state index contributed by atoms with van der Waals surface area (Å²) in [6.07, 6.45) is -0.490. The SMILES string of the molecule is COCC(N)C(CO)Oc1ccc(Cl)c(C)c1. The monoisotopic (exact) mass is 259 g/mol. The second kappa shape index (κ2) is 6.81. The van der Waals surface area contributed by atoms with Gasteiger partial charge in [0.2, 0.25) is 0 Å². The normalized spacial score (nSPS) is 14.4. The van der Waals surface area contributed by atoms with E-state index in [4.69, 9.17) is 26.8 Å². The molecule has 2 atom stereocenters. The lowest BCUT2D eigenvalue weighted by molar-refractivity contribution is 0.0605. The van der Waals surface area contributed by atoms with Crippen LogP contribution in [0.1, 0.15) is 5.56 Å². The van der Waals surface area contributed by atoms with Gasteiger partial charge in [0.05, 0.1) is 19.3 Å². The van der Waals surface area contributed by atoms with Gasteiger partial charge >= 0.3 is 0 Å². The summed E-state index contributed by atoms with van der Waals surface area (Å²) in [5.74, 6) is 0.637. The van der Waals surface area contributed by atoms with Crippen LogP contribution in [-0.4, -0.2) is 37.6 Å². The molecular formula is C12H18ClNO3. The Labute approximate surface area is 106 Å². The molecule has 0 aliphatic rings. The predicted molar refractivity (Wildman–Crippen MR) is 67.5 cm³/mol. The summed E-state index contributed by atoms with van der Waals surface area (Å²) < 4.78 is 10.5. The van der Waals surface area contributed by atoms with Gasteiger partial charge in [-0.05, 0) is 30.7 Å². The van der Waals surface area contributed by atoms with Crippen LogP contribution in [0.4, 0.5) is 0 Å². The Morgan fingerprint density at radius 2 is 2.18 bits per heavy atom. The van der Waals surface area contributed by atoms with E-state index in [1.54, 1.807) is 19.2 Å². The third kappa shape index (κ3) is 4.16. The second-order valence-electron chi connectivity index (χ2n) is 3.87. The number of aryl methyl sites for hydroxylation is 1. The van der Waals surface area contributed by atoms with Crippen LogP contribution >= 0.6 is 11.6 Å². The maximum Gasteiger partial charge on any atom is 0.139 e. The van der Waals surface area contributed by atoms with Crippen LogP contribution in [0.25, 0.3) is 0 Å². The van der Waals surface area contributed by atoms with Crippen molar-refractivity contribution < 1.29 is 14.6 Å². The molecule has 3 N–H and O–H groups in total. The Morgan fingerprint density at radius 3 is 2.71 bits per heavy atom. The zero-order chi connectivity index (χ0) is 12.8. The molecule has 17 heavy (non-hydrogen) atoms. The van der Waals surface area contributed by atoms with Crippen LogP contribution in [0.3, 0.4) is 0 Å². The van der Waals surface area contributed by atoms with E-state index in [0.29, 0.717) is 17.4 Å². The van der Waals surface area contributed by atoms with Crippen molar-refractivity contribution in [2.45, 2.75) is 19.1 Å². The molecule has 2 unspecified atom stereocenters. The van der Waals surface area contributed by atoms with E-state index in [1.807, 2.05) is 13.0 Å². The summed E-state index contributed by atoms with van der Waals surface area (Å²) in [7, 11) is 1.56. The van der Waals surface area contributed by atoms with E-state index in [1.165, 1.54) is 0 Å². The molecule has 4 nitrogen and oxygen atoms in total. The van der Waals surface area contributed by atoms with Gasteiger partial charge in [0.15, 0.2) is 0 Å². The average molecular weight is 260 g/mol. The van der Waals surface area contributed by atoms with Gasteiger partial charge in [0.1, 0.15) is 11.9 Å². The molecule has 5 heteroatoms. The quantitative estimate of drug-likeness (QED) is 0.810. The van der Waals surface area contributed by atoms with Crippen molar-refractivity contribution in [3.05, 3.63) is 28.8 Å². The number of hydrogen-bond acceptors (Lipinski definition) is 4. The van der Waals surface area contributed by atoms with E-state index >= 15 is 0 Å². The fourth-order valence-corrected chi connectivity index (χ4v) is 1.54. The van der Waals surface area contributed by atoms with Crippen LogP contribution < -0.4 is 10.5 Å². The number of methoxy groups -OCH3 is 1. The molecule has 0 saturated carbocycles. The zero-order valence-corrected chi connectivity index (χ0v) is 10.8. The summed E-state index contributed by atoms with van der Waals surface area (Å²) in [6, 6.07) is 4.94. The van der Waals surface area contributed by atoms with Crippen molar-refractivity contribution in [3.63, 3.8) is 0 Å². The Morgan fingerprint density at radius 1 is 1.47 bits per heavy atom. The molecule has 0 aromatic heterocycles. The molecule has 1 aromatic carbocycles. The number of nitrogens with two attached hydrogens (primary N) is 1. The van der Waals surface area contributed by atoms with Gasteiger partial charge in [-0.1, -0.05) is 11.6 Å². The minimum Gasteiger partial charge on any atom is -0.486 e. The number of benzene rings is 1. The number of hydrogen-bond donors (Lipinski definition) is 2. The largest absolute Gasteiger partial charge is 0.486 e. The highest BCUT2D eigenvalue weighted by atomic mass is 35.5. The summed E-state index contributed by atoms with van der Waals surface area (Å²) in [4.78, 5) is 0. The van der Waals surface area contributed by atoms with E-state index in [2.05, 4.69) is 0 Å². The molecule has 96 valence electrons. The minimum absolute atomic E-state index is 0.161. The number of halogens is 1. The highest BCUT2D eigenvalue weighted by Crippen LogP contribution is 2.22. The van der Waals surface area contributed by atoms with E-state index in [0.717, 1.165) is 5.56 Å². The van der Waals surface area contributed by atoms with Gasteiger partial charge in [-0.15, -0.1) is 0 Å². The molecular weight excluding hydrogens is 242 g/mol. The highest BCUT2D eigenvalue weighted by Gasteiger charge is 2.18. The maximum absolute atomic E-state index is 9.22. The van der Waals surface area contributed by atoms with Crippen molar-refractivity contribution in [1.29, 1.82) is 0 Å². The van der Waals surface area contributed by atoms with Crippen molar-refractivity contribution in [1.82, 2.24) is 0 Å². The van der Waals surface area contributed by atoms with Crippen LogP contribution in [0.5, 0.6) is 5.75 Å². The first-order valence-corrected chi connectivity index (χ1v) is 5.74. The zero-order valence-electron chi connectivity index (χ0n) is 10.0. The molecule has 0 bridgehead atoms. The molecule has 0 aliphatic heterocycles. The fraction of sp³-hybridized carbons (Fsp3) is 0.500. The summed E-state index contributed by atoms with van der Waals surface area (Å²) in [6.45, 7) is 2.06. The molecule has 0 spiro atoms.